The van der Waals surface area contributed by atoms with Crippen LogP contribution < -0.4 is 10.1 Å². The van der Waals surface area contributed by atoms with E-state index >= 15 is 0 Å². The average Bonchev–Trinajstić information content (AvgIpc) is 2.60. The smallest absolute Gasteiger partial charge is 0.416 e. The lowest BCUT2D eigenvalue weighted by Crippen LogP contribution is -2.24. The highest BCUT2D eigenvalue weighted by atomic mass is 19.4. The second-order valence-corrected chi connectivity index (χ2v) is 5.78. The van der Waals surface area contributed by atoms with Crippen molar-refractivity contribution in [1.82, 2.24) is 5.32 Å². The van der Waals surface area contributed by atoms with Crippen LogP contribution in [0.4, 0.5) is 17.6 Å². The molecule has 0 aliphatic carbocycles. The maximum atomic E-state index is 13.1. The summed E-state index contributed by atoms with van der Waals surface area (Å²) in [6.07, 6.45) is -3.25. The number of hydrogen-bond donors (Lipinski definition) is 1. The van der Waals surface area contributed by atoms with E-state index in [-0.39, 0.29) is 24.4 Å². The van der Waals surface area contributed by atoms with Crippen LogP contribution in [0, 0.1) is 5.82 Å². The number of alkyl halides is 3. The van der Waals surface area contributed by atoms with Crippen LogP contribution in [0.25, 0.3) is 0 Å². The van der Waals surface area contributed by atoms with E-state index in [2.05, 4.69) is 5.32 Å². The molecule has 3 nitrogen and oxygen atoms in total. The molecule has 26 heavy (non-hydrogen) atoms. The molecule has 0 radical (unpaired) electrons. The second kappa shape index (κ2) is 8.69. The van der Waals surface area contributed by atoms with Gasteiger partial charge in [-0.15, -0.1) is 0 Å². The minimum Gasteiger partial charge on any atom is -0.497 e. The molecule has 0 saturated carbocycles. The molecule has 0 aromatic heterocycles. The highest BCUT2D eigenvalue weighted by Crippen LogP contribution is 2.32. The fourth-order valence-corrected chi connectivity index (χ4v) is 2.49. The quantitative estimate of drug-likeness (QED) is 0.730. The minimum atomic E-state index is -4.67. The first kappa shape index (κ1) is 19.8. The van der Waals surface area contributed by atoms with Crippen molar-refractivity contribution in [1.29, 1.82) is 0 Å². The summed E-state index contributed by atoms with van der Waals surface area (Å²) in [5, 5.41) is 2.45. The lowest BCUT2D eigenvalue weighted by molar-refractivity contribution is -0.138. The number of benzene rings is 2. The summed E-state index contributed by atoms with van der Waals surface area (Å²) in [5.74, 6) is -0.575. The first-order valence-corrected chi connectivity index (χ1v) is 8.05. The van der Waals surface area contributed by atoms with Gasteiger partial charge in [-0.25, -0.2) is 4.39 Å². The molecule has 0 spiro atoms. The van der Waals surface area contributed by atoms with Crippen molar-refractivity contribution in [3.05, 3.63) is 65.0 Å². The molecular weight excluding hydrogens is 350 g/mol. The van der Waals surface area contributed by atoms with Crippen molar-refractivity contribution in [3.63, 3.8) is 0 Å². The lowest BCUT2D eigenvalue weighted by Gasteiger charge is -2.13. The summed E-state index contributed by atoms with van der Waals surface area (Å²) >= 11 is 0. The maximum absolute atomic E-state index is 13.1. The largest absolute Gasteiger partial charge is 0.497 e. The van der Waals surface area contributed by atoms with Crippen LogP contribution in [0.2, 0.25) is 0 Å². The Labute approximate surface area is 149 Å². The number of methoxy groups -OCH3 is 1. The van der Waals surface area contributed by atoms with Crippen molar-refractivity contribution in [2.45, 2.75) is 32.0 Å². The number of ether oxygens (including phenoxy) is 1. The van der Waals surface area contributed by atoms with E-state index in [0.29, 0.717) is 18.9 Å². The highest BCUT2D eigenvalue weighted by molar-refractivity contribution is 5.75. The van der Waals surface area contributed by atoms with Crippen LogP contribution >= 0.6 is 0 Å². The Morgan fingerprint density at radius 1 is 1.12 bits per heavy atom. The molecule has 0 saturated heterocycles. The standard InChI is InChI=1S/C19H19F4NO2/c1-26-16-9-5-13(6-10-16)3-2-4-18(25)24-12-14-7-8-15(20)11-17(14)19(21,22)23/h5-11H,2-4,12H2,1H3,(H,24,25). The van der Waals surface area contributed by atoms with Gasteiger partial charge in [0.15, 0.2) is 0 Å². The third-order valence-electron chi connectivity index (χ3n) is 3.88. The SMILES string of the molecule is COc1ccc(CCCC(=O)NCc2ccc(F)cc2C(F)(F)F)cc1. The summed E-state index contributed by atoms with van der Waals surface area (Å²) < 4.78 is 56.8. The molecular formula is C19H19F4NO2. The Hall–Kier alpha value is -2.57. The normalized spacial score (nSPS) is 11.3. The number of rotatable bonds is 7. The number of aryl methyl sites for hydroxylation is 1. The van der Waals surface area contributed by atoms with Gasteiger partial charge in [0.05, 0.1) is 12.7 Å². The molecule has 0 bridgehead atoms. The van der Waals surface area contributed by atoms with Crippen LogP contribution in [0.3, 0.4) is 0 Å². The molecule has 0 atom stereocenters. The minimum absolute atomic E-state index is 0.164. The monoisotopic (exact) mass is 369 g/mol. The zero-order chi connectivity index (χ0) is 19.2. The molecule has 0 aliphatic heterocycles. The van der Waals surface area contributed by atoms with E-state index in [9.17, 15) is 22.4 Å². The molecule has 0 unspecified atom stereocenters. The number of halogens is 4. The Balaban J connectivity index is 1.83. The van der Waals surface area contributed by atoms with E-state index in [4.69, 9.17) is 4.74 Å². The summed E-state index contributed by atoms with van der Waals surface area (Å²) in [7, 11) is 1.57. The number of nitrogens with one attached hydrogen (secondary N) is 1. The molecule has 140 valence electrons. The van der Waals surface area contributed by atoms with E-state index in [0.717, 1.165) is 23.4 Å². The van der Waals surface area contributed by atoms with Gasteiger partial charge in [0, 0.05) is 13.0 Å². The topological polar surface area (TPSA) is 38.3 Å². The van der Waals surface area contributed by atoms with E-state index < -0.39 is 17.6 Å². The van der Waals surface area contributed by atoms with E-state index in [1.807, 2.05) is 24.3 Å². The van der Waals surface area contributed by atoms with E-state index in [1.165, 1.54) is 0 Å². The summed E-state index contributed by atoms with van der Waals surface area (Å²) in [5.41, 5.74) is -0.199. The average molecular weight is 369 g/mol. The van der Waals surface area contributed by atoms with Crippen LogP contribution in [0.5, 0.6) is 5.75 Å². The van der Waals surface area contributed by atoms with Gasteiger partial charge in [-0.3, -0.25) is 4.79 Å². The summed E-state index contributed by atoms with van der Waals surface area (Å²) in [4.78, 5) is 11.8. The van der Waals surface area contributed by atoms with Crippen LogP contribution in [0.1, 0.15) is 29.5 Å². The Kier molecular flexibility index (Phi) is 6.60. The third kappa shape index (κ3) is 5.75. The number of carbonyl (C=O) groups excluding carboxylic acids is 1. The van der Waals surface area contributed by atoms with Crippen molar-refractivity contribution < 1.29 is 27.1 Å². The molecule has 2 rings (SSSR count). The molecule has 0 fully saturated rings. The van der Waals surface area contributed by atoms with Gasteiger partial charge in [-0.05, 0) is 48.2 Å². The Morgan fingerprint density at radius 2 is 1.81 bits per heavy atom. The number of amides is 1. The van der Waals surface area contributed by atoms with Gasteiger partial charge in [0.2, 0.25) is 5.91 Å². The van der Waals surface area contributed by atoms with Crippen molar-refractivity contribution in [3.8, 4) is 5.75 Å². The first-order chi connectivity index (χ1) is 12.3. The van der Waals surface area contributed by atoms with Gasteiger partial charge in [-0.1, -0.05) is 18.2 Å². The van der Waals surface area contributed by atoms with Gasteiger partial charge in [0.1, 0.15) is 11.6 Å². The van der Waals surface area contributed by atoms with Crippen LogP contribution in [0.15, 0.2) is 42.5 Å². The number of carbonyl (C=O) groups is 1. The Morgan fingerprint density at radius 3 is 2.42 bits per heavy atom. The summed E-state index contributed by atoms with van der Waals surface area (Å²) in [6.45, 7) is -0.295. The number of hydrogen-bond acceptors (Lipinski definition) is 2. The molecule has 0 heterocycles. The fraction of sp³-hybridized carbons (Fsp3) is 0.316. The van der Waals surface area contributed by atoms with Crippen molar-refractivity contribution in [2.75, 3.05) is 7.11 Å². The molecule has 1 amide bonds. The maximum Gasteiger partial charge on any atom is 0.416 e. The molecule has 7 heteroatoms. The van der Waals surface area contributed by atoms with Gasteiger partial charge in [-0.2, -0.15) is 13.2 Å². The molecule has 2 aromatic carbocycles. The fourth-order valence-electron chi connectivity index (χ4n) is 2.49. The molecule has 1 N–H and O–H groups in total. The highest BCUT2D eigenvalue weighted by Gasteiger charge is 2.33. The second-order valence-electron chi connectivity index (χ2n) is 5.78. The van der Waals surface area contributed by atoms with Gasteiger partial charge in [0.25, 0.3) is 0 Å². The molecule has 0 aliphatic rings. The van der Waals surface area contributed by atoms with Crippen molar-refractivity contribution >= 4 is 5.91 Å². The predicted octanol–water partition coefficient (Wildman–Crippen LogP) is 4.49. The zero-order valence-corrected chi connectivity index (χ0v) is 14.2. The lowest BCUT2D eigenvalue weighted by atomic mass is 10.1. The molecule has 2 aromatic rings. The first-order valence-electron chi connectivity index (χ1n) is 8.05. The van der Waals surface area contributed by atoms with Gasteiger partial charge < -0.3 is 10.1 Å². The van der Waals surface area contributed by atoms with Crippen LogP contribution in [-0.2, 0) is 23.9 Å². The predicted molar refractivity (Wildman–Crippen MR) is 89.2 cm³/mol. The Bertz CT molecular complexity index is 742. The summed E-state index contributed by atoms with van der Waals surface area (Å²) in [6, 6.07) is 9.85. The van der Waals surface area contributed by atoms with Gasteiger partial charge >= 0.3 is 6.18 Å². The van der Waals surface area contributed by atoms with Crippen LogP contribution in [-0.4, -0.2) is 13.0 Å². The third-order valence-corrected chi connectivity index (χ3v) is 3.88. The van der Waals surface area contributed by atoms with Crippen molar-refractivity contribution in [2.24, 2.45) is 0 Å². The van der Waals surface area contributed by atoms with E-state index in [1.54, 1.807) is 7.11 Å². The zero-order valence-electron chi connectivity index (χ0n) is 14.2.